The molecular weight excluding hydrogens is 404 g/mol. The lowest BCUT2D eigenvalue weighted by Gasteiger charge is -2.31. The molecule has 0 radical (unpaired) electrons. The van der Waals surface area contributed by atoms with E-state index in [9.17, 15) is 9.59 Å². The lowest BCUT2D eigenvalue weighted by atomic mass is 10.1. The molecule has 1 aliphatic rings. The zero-order chi connectivity index (χ0) is 22.8. The van der Waals surface area contributed by atoms with E-state index in [0.29, 0.717) is 30.9 Å². The minimum atomic E-state index is -0.520. The number of amides is 2. The van der Waals surface area contributed by atoms with Crippen molar-refractivity contribution in [3.05, 3.63) is 60.2 Å². The second-order valence-corrected chi connectivity index (χ2v) is 8.18. The van der Waals surface area contributed by atoms with Gasteiger partial charge in [-0.1, -0.05) is 62.2 Å². The Labute approximate surface area is 190 Å². The zero-order valence-electron chi connectivity index (χ0n) is 19.1. The molecule has 0 bridgehead atoms. The molecule has 1 unspecified atom stereocenters. The summed E-state index contributed by atoms with van der Waals surface area (Å²) in [5.41, 5.74) is 1.13. The van der Waals surface area contributed by atoms with Gasteiger partial charge in [0.2, 0.25) is 5.91 Å². The highest BCUT2D eigenvalue weighted by molar-refractivity contribution is 5.88. The third-order valence-corrected chi connectivity index (χ3v) is 5.99. The first-order valence-corrected chi connectivity index (χ1v) is 11.5. The van der Waals surface area contributed by atoms with Gasteiger partial charge in [-0.05, 0) is 43.4 Å². The largest absolute Gasteiger partial charge is 0.493 e. The summed E-state index contributed by atoms with van der Waals surface area (Å²) in [7, 11) is 1.57. The maximum absolute atomic E-state index is 13.3. The first-order chi connectivity index (χ1) is 15.6. The van der Waals surface area contributed by atoms with Crippen LogP contribution < -0.4 is 14.8 Å². The molecule has 6 heteroatoms. The van der Waals surface area contributed by atoms with Crippen LogP contribution in [0.2, 0.25) is 0 Å². The predicted octanol–water partition coefficient (Wildman–Crippen LogP) is 3.98. The van der Waals surface area contributed by atoms with Crippen molar-refractivity contribution in [3.8, 4) is 11.5 Å². The van der Waals surface area contributed by atoms with Gasteiger partial charge >= 0.3 is 0 Å². The van der Waals surface area contributed by atoms with Crippen LogP contribution in [0.1, 0.15) is 44.6 Å². The topological polar surface area (TPSA) is 67.9 Å². The number of benzene rings is 2. The van der Waals surface area contributed by atoms with Gasteiger partial charge in [0.05, 0.1) is 7.11 Å². The molecule has 0 aromatic heterocycles. The van der Waals surface area contributed by atoms with Crippen LogP contribution in [0.5, 0.6) is 11.5 Å². The lowest BCUT2D eigenvalue weighted by molar-refractivity contribution is -0.142. The molecule has 1 fully saturated rings. The van der Waals surface area contributed by atoms with Crippen molar-refractivity contribution in [2.45, 2.75) is 57.5 Å². The minimum Gasteiger partial charge on any atom is -0.493 e. The van der Waals surface area contributed by atoms with E-state index in [0.717, 1.165) is 31.2 Å². The van der Waals surface area contributed by atoms with E-state index in [4.69, 9.17) is 9.47 Å². The van der Waals surface area contributed by atoms with Crippen molar-refractivity contribution in [1.82, 2.24) is 10.2 Å². The molecule has 1 N–H and O–H groups in total. The van der Waals surface area contributed by atoms with Crippen LogP contribution in [0.25, 0.3) is 0 Å². The fraction of sp³-hybridized carbons (Fsp3) is 0.462. The molecule has 0 heterocycles. The van der Waals surface area contributed by atoms with Crippen LogP contribution in [0.3, 0.4) is 0 Å². The number of methoxy groups -OCH3 is 1. The summed E-state index contributed by atoms with van der Waals surface area (Å²) in [4.78, 5) is 28.0. The highest BCUT2D eigenvalue weighted by Crippen LogP contribution is 2.26. The summed E-state index contributed by atoms with van der Waals surface area (Å²) in [5, 5.41) is 3.16. The fourth-order valence-corrected chi connectivity index (χ4v) is 4.22. The SMILES string of the molecule is CCC(C(=O)NC1CCCC1)N(CCc1ccccc1)C(=O)COc1ccccc1OC. The number of carbonyl (C=O) groups excluding carboxylic acids is 2. The van der Waals surface area contributed by atoms with Crippen molar-refractivity contribution in [2.75, 3.05) is 20.3 Å². The Kier molecular flexibility index (Phi) is 8.96. The van der Waals surface area contributed by atoms with E-state index >= 15 is 0 Å². The first kappa shape index (κ1) is 23.6. The van der Waals surface area contributed by atoms with Crippen LogP contribution in [0, 0.1) is 0 Å². The van der Waals surface area contributed by atoms with Gasteiger partial charge in [0.25, 0.3) is 5.91 Å². The Morgan fingerprint density at radius 2 is 1.69 bits per heavy atom. The fourth-order valence-electron chi connectivity index (χ4n) is 4.22. The van der Waals surface area contributed by atoms with E-state index in [1.165, 1.54) is 0 Å². The number of carbonyl (C=O) groups is 2. The van der Waals surface area contributed by atoms with Crippen molar-refractivity contribution in [1.29, 1.82) is 0 Å². The minimum absolute atomic E-state index is 0.0712. The van der Waals surface area contributed by atoms with Crippen LogP contribution in [0.15, 0.2) is 54.6 Å². The maximum Gasteiger partial charge on any atom is 0.261 e. The van der Waals surface area contributed by atoms with E-state index < -0.39 is 6.04 Å². The predicted molar refractivity (Wildman–Crippen MR) is 125 cm³/mol. The molecule has 0 saturated heterocycles. The van der Waals surface area contributed by atoms with Crippen LogP contribution in [0.4, 0.5) is 0 Å². The van der Waals surface area contributed by atoms with Gasteiger partial charge in [-0.25, -0.2) is 0 Å². The molecule has 1 aliphatic carbocycles. The average molecular weight is 439 g/mol. The summed E-state index contributed by atoms with van der Waals surface area (Å²) < 4.78 is 11.1. The highest BCUT2D eigenvalue weighted by Gasteiger charge is 2.30. The van der Waals surface area contributed by atoms with Crippen LogP contribution >= 0.6 is 0 Å². The Morgan fingerprint density at radius 1 is 1.03 bits per heavy atom. The number of nitrogens with one attached hydrogen (secondary N) is 1. The molecular formula is C26H34N2O4. The molecule has 1 atom stereocenters. The monoisotopic (exact) mass is 438 g/mol. The molecule has 6 nitrogen and oxygen atoms in total. The molecule has 0 spiro atoms. The van der Waals surface area contributed by atoms with Crippen LogP contribution in [-0.2, 0) is 16.0 Å². The van der Waals surface area contributed by atoms with E-state index in [-0.39, 0.29) is 24.5 Å². The van der Waals surface area contributed by atoms with Crippen molar-refractivity contribution in [2.24, 2.45) is 0 Å². The number of para-hydroxylation sites is 2. The van der Waals surface area contributed by atoms with E-state index in [1.54, 1.807) is 24.1 Å². The van der Waals surface area contributed by atoms with Crippen molar-refractivity contribution < 1.29 is 19.1 Å². The normalized spacial score (nSPS) is 14.6. The first-order valence-electron chi connectivity index (χ1n) is 11.5. The average Bonchev–Trinajstić information content (AvgIpc) is 3.34. The number of nitrogens with zero attached hydrogens (tertiary/aromatic N) is 1. The number of hydrogen-bond donors (Lipinski definition) is 1. The smallest absolute Gasteiger partial charge is 0.261 e. The molecule has 2 aromatic carbocycles. The third-order valence-electron chi connectivity index (χ3n) is 5.99. The molecule has 0 aliphatic heterocycles. The molecule has 1 saturated carbocycles. The van der Waals surface area contributed by atoms with Gasteiger partial charge in [0, 0.05) is 12.6 Å². The van der Waals surface area contributed by atoms with Gasteiger partial charge in [0.1, 0.15) is 6.04 Å². The van der Waals surface area contributed by atoms with Gasteiger partial charge < -0.3 is 19.7 Å². The Bertz CT molecular complexity index is 865. The van der Waals surface area contributed by atoms with Crippen molar-refractivity contribution in [3.63, 3.8) is 0 Å². The standard InChI is InChI=1S/C26H34N2O4/c1-3-22(26(30)27-21-13-7-8-14-21)28(18-17-20-11-5-4-6-12-20)25(29)19-32-24-16-10-9-15-23(24)31-2/h4-6,9-12,15-16,21-22H,3,7-8,13-14,17-19H2,1-2H3,(H,27,30). The Morgan fingerprint density at radius 3 is 2.34 bits per heavy atom. The number of rotatable bonds is 11. The summed E-state index contributed by atoms with van der Waals surface area (Å²) >= 11 is 0. The van der Waals surface area contributed by atoms with Gasteiger partial charge in [-0.2, -0.15) is 0 Å². The summed E-state index contributed by atoms with van der Waals surface area (Å²) in [5.74, 6) is 0.801. The second kappa shape index (κ2) is 12.1. The number of hydrogen-bond acceptors (Lipinski definition) is 4. The van der Waals surface area contributed by atoms with Gasteiger partial charge in [0.15, 0.2) is 18.1 Å². The second-order valence-electron chi connectivity index (χ2n) is 8.18. The molecule has 172 valence electrons. The Balaban J connectivity index is 1.71. The molecule has 3 rings (SSSR count). The van der Waals surface area contributed by atoms with Gasteiger partial charge in [-0.3, -0.25) is 9.59 Å². The third kappa shape index (κ3) is 6.49. The van der Waals surface area contributed by atoms with Gasteiger partial charge in [-0.15, -0.1) is 0 Å². The van der Waals surface area contributed by atoms with E-state index in [1.807, 2.05) is 49.4 Å². The summed E-state index contributed by atoms with van der Waals surface area (Å²) in [6, 6.07) is 16.9. The summed E-state index contributed by atoms with van der Waals surface area (Å²) in [6.07, 6.45) is 5.53. The summed E-state index contributed by atoms with van der Waals surface area (Å²) in [6.45, 7) is 2.25. The lowest BCUT2D eigenvalue weighted by Crippen LogP contribution is -2.52. The molecule has 2 aromatic rings. The Hall–Kier alpha value is -3.02. The quantitative estimate of drug-likeness (QED) is 0.576. The molecule has 2 amide bonds. The molecule has 32 heavy (non-hydrogen) atoms. The highest BCUT2D eigenvalue weighted by atomic mass is 16.5. The van der Waals surface area contributed by atoms with E-state index in [2.05, 4.69) is 5.32 Å². The number of ether oxygens (including phenoxy) is 2. The van der Waals surface area contributed by atoms with Crippen molar-refractivity contribution >= 4 is 11.8 Å². The maximum atomic E-state index is 13.3. The van der Waals surface area contributed by atoms with Crippen LogP contribution in [-0.4, -0.2) is 49.1 Å². The zero-order valence-corrected chi connectivity index (χ0v) is 19.1.